The number of rotatable bonds is 7. The summed E-state index contributed by atoms with van der Waals surface area (Å²) in [4.78, 5) is 19.3. The van der Waals surface area contributed by atoms with Crippen molar-refractivity contribution in [2.24, 2.45) is 5.92 Å². The molecule has 2 saturated heterocycles. The molecule has 0 saturated carbocycles. The number of hydrogen-bond donors (Lipinski definition) is 1. The van der Waals surface area contributed by atoms with Gasteiger partial charge in [0, 0.05) is 37.5 Å². The Hall–Kier alpha value is -1.07. The number of aryl methyl sites for hydroxylation is 1. The van der Waals surface area contributed by atoms with Gasteiger partial charge in [-0.3, -0.25) is 9.69 Å². The zero-order chi connectivity index (χ0) is 21.0. The molecule has 164 valence electrons. The van der Waals surface area contributed by atoms with Crippen LogP contribution in [-0.4, -0.2) is 79.2 Å². The smallest absolute Gasteiger partial charge is 0.223 e. The second-order valence-corrected chi connectivity index (χ2v) is 11.2. The Balaban J connectivity index is 1.38. The number of carbonyl (C=O) groups is 1. The van der Waals surface area contributed by atoms with E-state index in [0.29, 0.717) is 13.1 Å². The molecule has 0 bridgehead atoms. The number of amides is 1. The fourth-order valence-corrected chi connectivity index (χ4v) is 6.09. The van der Waals surface area contributed by atoms with Crippen LogP contribution in [0.1, 0.15) is 37.4 Å². The SMILES string of the molecule is Cc1nc(CN2CCC(C(=O)NCCS(=O)(=O)N3CC(C)OC(C)C3)CC2)cs1. The summed E-state index contributed by atoms with van der Waals surface area (Å²) >= 11 is 1.66. The van der Waals surface area contributed by atoms with Gasteiger partial charge in [-0.05, 0) is 46.7 Å². The topological polar surface area (TPSA) is 91.8 Å². The number of piperidine rings is 1. The molecule has 2 aliphatic heterocycles. The maximum atomic E-state index is 12.6. The second-order valence-electron chi connectivity index (χ2n) is 8.09. The molecule has 0 spiro atoms. The zero-order valence-corrected chi connectivity index (χ0v) is 19.1. The normalized spacial score (nSPS) is 25.2. The summed E-state index contributed by atoms with van der Waals surface area (Å²) in [6.07, 6.45) is 1.36. The number of nitrogens with one attached hydrogen (secondary N) is 1. The highest BCUT2D eigenvalue weighted by atomic mass is 32.2. The van der Waals surface area contributed by atoms with Crippen LogP contribution in [-0.2, 0) is 26.1 Å². The lowest BCUT2D eigenvalue weighted by atomic mass is 9.96. The van der Waals surface area contributed by atoms with Crippen LogP contribution >= 0.6 is 11.3 Å². The number of hydrogen-bond acceptors (Lipinski definition) is 7. The summed E-state index contributed by atoms with van der Waals surface area (Å²) in [7, 11) is -3.39. The van der Waals surface area contributed by atoms with E-state index in [1.807, 2.05) is 20.8 Å². The molecule has 1 aromatic rings. The van der Waals surface area contributed by atoms with E-state index in [1.54, 1.807) is 11.3 Å². The van der Waals surface area contributed by atoms with Crippen LogP contribution in [0.5, 0.6) is 0 Å². The Morgan fingerprint density at radius 3 is 2.52 bits per heavy atom. The van der Waals surface area contributed by atoms with Crippen molar-refractivity contribution in [2.75, 3.05) is 38.5 Å². The molecule has 1 N–H and O–H groups in total. The van der Waals surface area contributed by atoms with Gasteiger partial charge in [0.2, 0.25) is 15.9 Å². The van der Waals surface area contributed by atoms with Gasteiger partial charge in [-0.1, -0.05) is 0 Å². The van der Waals surface area contributed by atoms with Crippen molar-refractivity contribution in [1.29, 1.82) is 0 Å². The van der Waals surface area contributed by atoms with Gasteiger partial charge in [0.05, 0.1) is 28.7 Å². The highest BCUT2D eigenvalue weighted by molar-refractivity contribution is 7.89. The molecule has 0 aromatic carbocycles. The minimum Gasteiger partial charge on any atom is -0.373 e. The largest absolute Gasteiger partial charge is 0.373 e. The summed E-state index contributed by atoms with van der Waals surface area (Å²) in [5.74, 6) is -0.150. The van der Waals surface area contributed by atoms with Crippen LogP contribution in [0.25, 0.3) is 0 Å². The molecule has 2 unspecified atom stereocenters. The summed E-state index contributed by atoms with van der Waals surface area (Å²) < 4.78 is 32.2. The van der Waals surface area contributed by atoms with E-state index in [1.165, 1.54) is 4.31 Å². The Morgan fingerprint density at radius 2 is 1.93 bits per heavy atom. The number of ether oxygens (including phenoxy) is 1. The number of morpholine rings is 1. The minimum absolute atomic E-state index is 0.0342. The molecule has 1 amide bonds. The van der Waals surface area contributed by atoms with E-state index in [-0.39, 0.29) is 36.3 Å². The van der Waals surface area contributed by atoms with Gasteiger partial charge in [-0.15, -0.1) is 11.3 Å². The third-order valence-corrected chi connectivity index (χ3v) is 8.08. The Bertz CT molecular complexity index is 780. The lowest BCUT2D eigenvalue weighted by Crippen LogP contribution is -2.50. The Labute approximate surface area is 177 Å². The Kier molecular flexibility index (Phi) is 7.66. The van der Waals surface area contributed by atoms with Crippen LogP contribution < -0.4 is 5.32 Å². The Morgan fingerprint density at radius 1 is 1.28 bits per heavy atom. The van der Waals surface area contributed by atoms with E-state index in [0.717, 1.165) is 43.2 Å². The maximum absolute atomic E-state index is 12.6. The maximum Gasteiger partial charge on any atom is 0.223 e. The average Bonchev–Trinajstić information content (AvgIpc) is 3.06. The number of aromatic nitrogens is 1. The van der Waals surface area contributed by atoms with E-state index in [4.69, 9.17) is 4.74 Å². The molecule has 8 nitrogen and oxygen atoms in total. The highest BCUT2D eigenvalue weighted by Crippen LogP contribution is 2.20. The van der Waals surface area contributed by atoms with Crippen LogP contribution in [0.15, 0.2) is 5.38 Å². The molecular formula is C19H32N4O4S2. The summed E-state index contributed by atoms with van der Waals surface area (Å²) in [5.41, 5.74) is 1.09. The van der Waals surface area contributed by atoms with Gasteiger partial charge in [0.1, 0.15) is 0 Å². The van der Waals surface area contributed by atoms with E-state index in [9.17, 15) is 13.2 Å². The van der Waals surface area contributed by atoms with Gasteiger partial charge >= 0.3 is 0 Å². The summed E-state index contributed by atoms with van der Waals surface area (Å²) in [5, 5.41) is 5.99. The van der Waals surface area contributed by atoms with Gasteiger partial charge < -0.3 is 10.1 Å². The van der Waals surface area contributed by atoms with Crippen molar-refractivity contribution in [3.05, 3.63) is 16.1 Å². The first-order chi connectivity index (χ1) is 13.7. The van der Waals surface area contributed by atoms with Gasteiger partial charge in [0.15, 0.2) is 0 Å². The lowest BCUT2D eigenvalue weighted by Gasteiger charge is -2.34. The van der Waals surface area contributed by atoms with Gasteiger partial charge in [-0.25, -0.2) is 13.4 Å². The van der Waals surface area contributed by atoms with Crippen LogP contribution in [0.4, 0.5) is 0 Å². The van der Waals surface area contributed by atoms with Crippen LogP contribution in [0.3, 0.4) is 0 Å². The standard InChI is InChI=1S/C19H32N4O4S2/c1-14-10-23(11-15(2)27-14)29(25,26)9-6-20-19(24)17-4-7-22(8-5-17)12-18-13-28-16(3)21-18/h13-15,17H,4-12H2,1-3H3,(H,20,24). The van der Waals surface area contributed by atoms with E-state index >= 15 is 0 Å². The molecule has 0 radical (unpaired) electrons. The van der Waals surface area contributed by atoms with Crippen molar-refractivity contribution < 1.29 is 17.9 Å². The van der Waals surface area contributed by atoms with Crippen LogP contribution in [0, 0.1) is 12.8 Å². The molecule has 2 atom stereocenters. The first-order valence-corrected chi connectivity index (χ1v) is 12.8. The zero-order valence-electron chi connectivity index (χ0n) is 17.5. The van der Waals surface area contributed by atoms with Crippen molar-refractivity contribution in [3.63, 3.8) is 0 Å². The van der Waals surface area contributed by atoms with Crippen LogP contribution in [0.2, 0.25) is 0 Å². The van der Waals surface area contributed by atoms with E-state index in [2.05, 4.69) is 20.6 Å². The molecular weight excluding hydrogens is 412 g/mol. The summed E-state index contributed by atoms with van der Waals surface area (Å²) in [6.45, 7) is 9.20. The third kappa shape index (κ3) is 6.45. The van der Waals surface area contributed by atoms with Crippen molar-refractivity contribution in [2.45, 2.75) is 52.4 Å². The monoisotopic (exact) mass is 444 g/mol. The highest BCUT2D eigenvalue weighted by Gasteiger charge is 2.31. The third-order valence-electron chi connectivity index (χ3n) is 5.45. The predicted molar refractivity (Wildman–Crippen MR) is 113 cm³/mol. The molecule has 3 rings (SSSR count). The first-order valence-electron chi connectivity index (χ1n) is 10.3. The van der Waals surface area contributed by atoms with Crippen molar-refractivity contribution >= 4 is 27.3 Å². The van der Waals surface area contributed by atoms with Crippen molar-refractivity contribution in [3.8, 4) is 0 Å². The lowest BCUT2D eigenvalue weighted by molar-refractivity contribution is -0.126. The number of thiazole rings is 1. The first kappa shape index (κ1) is 22.6. The van der Waals surface area contributed by atoms with Gasteiger partial charge in [-0.2, -0.15) is 4.31 Å². The fourth-order valence-electron chi connectivity index (χ4n) is 4.00. The predicted octanol–water partition coefficient (Wildman–Crippen LogP) is 1.22. The molecule has 3 heterocycles. The molecule has 29 heavy (non-hydrogen) atoms. The number of sulfonamides is 1. The summed E-state index contributed by atoms with van der Waals surface area (Å²) in [6, 6.07) is 0. The molecule has 2 aliphatic rings. The minimum atomic E-state index is -3.39. The molecule has 1 aromatic heterocycles. The molecule has 10 heteroatoms. The molecule has 0 aliphatic carbocycles. The fraction of sp³-hybridized carbons (Fsp3) is 0.789. The van der Waals surface area contributed by atoms with Gasteiger partial charge in [0.25, 0.3) is 0 Å². The van der Waals surface area contributed by atoms with E-state index < -0.39 is 10.0 Å². The van der Waals surface area contributed by atoms with Crippen molar-refractivity contribution in [1.82, 2.24) is 19.5 Å². The molecule has 2 fully saturated rings. The second kappa shape index (κ2) is 9.82. The number of nitrogens with zero attached hydrogens (tertiary/aromatic N) is 3. The average molecular weight is 445 g/mol. The number of likely N-dealkylation sites (tertiary alicyclic amines) is 1. The quantitative estimate of drug-likeness (QED) is 0.680. The number of carbonyl (C=O) groups excluding carboxylic acids is 1.